The van der Waals surface area contributed by atoms with Crippen LogP contribution in [0.5, 0.6) is 5.75 Å². The standard InChI is InChI=1S/C27H34N2O3/c1-19-7-9-20(10-8-19)11-13-23-17-24(29-18-26(23)32-3)25(30)14-12-21-5-4-6-22(15-21)16-27(31)28-2/h4-6,11,13,15,17-20H,7-10,12,14,16H2,1-3H3,(H,28,31)/b13-11+. The van der Waals surface area contributed by atoms with Crippen LogP contribution in [0.15, 0.2) is 42.6 Å². The maximum Gasteiger partial charge on any atom is 0.224 e. The lowest BCUT2D eigenvalue weighted by Crippen LogP contribution is -2.19. The molecule has 0 radical (unpaired) electrons. The summed E-state index contributed by atoms with van der Waals surface area (Å²) >= 11 is 0. The van der Waals surface area contributed by atoms with Crippen molar-refractivity contribution in [2.75, 3.05) is 14.2 Å². The molecule has 1 aromatic heterocycles. The number of pyridine rings is 1. The van der Waals surface area contributed by atoms with E-state index < -0.39 is 0 Å². The molecule has 32 heavy (non-hydrogen) atoms. The average molecular weight is 435 g/mol. The van der Waals surface area contributed by atoms with Crippen LogP contribution < -0.4 is 10.1 Å². The van der Waals surface area contributed by atoms with E-state index in [1.807, 2.05) is 30.3 Å². The summed E-state index contributed by atoms with van der Waals surface area (Å²) in [6.07, 6.45) is 12.3. The predicted octanol–water partition coefficient (Wildman–Crippen LogP) is 5.03. The molecule has 1 N–H and O–H groups in total. The van der Waals surface area contributed by atoms with Crippen molar-refractivity contribution in [3.05, 3.63) is 65.0 Å². The Balaban J connectivity index is 1.64. The number of allylic oxidation sites excluding steroid dienone is 1. The number of amides is 1. The number of benzene rings is 1. The van der Waals surface area contributed by atoms with E-state index in [4.69, 9.17) is 4.74 Å². The van der Waals surface area contributed by atoms with Gasteiger partial charge in [0.1, 0.15) is 11.4 Å². The zero-order chi connectivity index (χ0) is 22.9. The van der Waals surface area contributed by atoms with Crippen LogP contribution in [0, 0.1) is 11.8 Å². The average Bonchev–Trinajstić information content (AvgIpc) is 2.82. The van der Waals surface area contributed by atoms with Crippen molar-refractivity contribution in [2.24, 2.45) is 11.8 Å². The van der Waals surface area contributed by atoms with Crippen molar-refractivity contribution in [3.63, 3.8) is 0 Å². The van der Waals surface area contributed by atoms with Gasteiger partial charge in [0, 0.05) is 19.0 Å². The number of ether oxygens (including phenoxy) is 1. The van der Waals surface area contributed by atoms with E-state index in [0.717, 1.165) is 22.6 Å². The number of carbonyl (C=O) groups excluding carboxylic acids is 2. The third-order valence-corrected chi connectivity index (χ3v) is 6.29. The Hall–Kier alpha value is -2.95. The largest absolute Gasteiger partial charge is 0.495 e. The van der Waals surface area contributed by atoms with Crippen LogP contribution in [0.2, 0.25) is 0 Å². The summed E-state index contributed by atoms with van der Waals surface area (Å²) in [5.41, 5.74) is 3.35. The molecule has 5 nitrogen and oxygen atoms in total. The highest BCUT2D eigenvalue weighted by atomic mass is 16.5. The lowest BCUT2D eigenvalue weighted by atomic mass is 9.83. The van der Waals surface area contributed by atoms with Crippen LogP contribution in [-0.4, -0.2) is 30.8 Å². The van der Waals surface area contributed by atoms with Crippen LogP contribution in [-0.2, 0) is 17.6 Å². The van der Waals surface area contributed by atoms with E-state index in [0.29, 0.717) is 36.6 Å². The van der Waals surface area contributed by atoms with Crippen molar-refractivity contribution in [2.45, 2.75) is 51.9 Å². The highest BCUT2D eigenvalue weighted by Gasteiger charge is 2.16. The summed E-state index contributed by atoms with van der Waals surface area (Å²) in [4.78, 5) is 28.8. The van der Waals surface area contributed by atoms with Crippen LogP contribution in [0.1, 0.15) is 66.2 Å². The summed E-state index contributed by atoms with van der Waals surface area (Å²) in [5.74, 6) is 2.08. The second-order valence-corrected chi connectivity index (χ2v) is 8.78. The fourth-order valence-corrected chi connectivity index (χ4v) is 4.18. The fraction of sp³-hybridized carbons (Fsp3) is 0.444. The summed E-state index contributed by atoms with van der Waals surface area (Å²) < 4.78 is 5.46. The number of hydrogen-bond acceptors (Lipinski definition) is 4. The molecule has 0 atom stereocenters. The van der Waals surface area contributed by atoms with E-state index in [9.17, 15) is 9.59 Å². The van der Waals surface area contributed by atoms with Crippen LogP contribution in [0.4, 0.5) is 0 Å². The Morgan fingerprint density at radius 1 is 1.16 bits per heavy atom. The highest BCUT2D eigenvalue weighted by Crippen LogP contribution is 2.30. The van der Waals surface area contributed by atoms with Gasteiger partial charge in [0.25, 0.3) is 0 Å². The number of methoxy groups -OCH3 is 1. The normalized spacial score (nSPS) is 18.5. The maximum absolute atomic E-state index is 12.8. The van der Waals surface area contributed by atoms with E-state index in [-0.39, 0.29) is 11.7 Å². The van der Waals surface area contributed by atoms with Gasteiger partial charge >= 0.3 is 0 Å². The second-order valence-electron chi connectivity index (χ2n) is 8.78. The molecule has 2 aromatic rings. The van der Waals surface area contributed by atoms with E-state index in [1.165, 1.54) is 25.7 Å². The first-order valence-corrected chi connectivity index (χ1v) is 11.5. The lowest BCUT2D eigenvalue weighted by molar-refractivity contribution is -0.119. The van der Waals surface area contributed by atoms with E-state index in [1.54, 1.807) is 20.4 Å². The molecule has 0 unspecified atom stereocenters. The van der Waals surface area contributed by atoms with Crippen LogP contribution in [0.25, 0.3) is 6.08 Å². The fourth-order valence-electron chi connectivity index (χ4n) is 4.18. The molecule has 1 aromatic carbocycles. The smallest absolute Gasteiger partial charge is 0.224 e. The van der Waals surface area contributed by atoms with Crippen molar-refractivity contribution < 1.29 is 14.3 Å². The SMILES string of the molecule is CNC(=O)Cc1cccc(CCC(=O)c2cc(/C=C/C3CCC(C)CC3)c(OC)cn2)c1. The van der Waals surface area contributed by atoms with Gasteiger partial charge in [-0.3, -0.25) is 9.59 Å². The molecule has 1 saturated carbocycles. The number of nitrogens with one attached hydrogen (secondary N) is 1. The zero-order valence-electron chi connectivity index (χ0n) is 19.4. The number of likely N-dealkylation sites (N-methyl/N-ethyl adjacent to an activating group) is 1. The molecule has 1 fully saturated rings. The van der Waals surface area contributed by atoms with Gasteiger partial charge < -0.3 is 10.1 Å². The monoisotopic (exact) mass is 434 g/mol. The number of carbonyl (C=O) groups is 2. The van der Waals surface area contributed by atoms with Gasteiger partial charge in [-0.25, -0.2) is 4.98 Å². The summed E-state index contributed by atoms with van der Waals surface area (Å²) in [6.45, 7) is 2.32. The topological polar surface area (TPSA) is 68.3 Å². The Morgan fingerprint density at radius 3 is 2.62 bits per heavy atom. The molecule has 170 valence electrons. The first kappa shape index (κ1) is 23.7. The number of ketones is 1. The quantitative estimate of drug-likeness (QED) is 0.562. The Morgan fingerprint density at radius 2 is 1.91 bits per heavy atom. The zero-order valence-corrected chi connectivity index (χ0v) is 19.4. The minimum atomic E-state index is -0.0241. The number of hydrogen-bond donors (Lipinski definition) is 1. The molecular weight excluding hydrogens is 400 g/mol. The van der Waals surface area contributed by atoms with Crippen LogP contribution in [0.3, 0.4) is 0 Å². The lowest BCUT2D eigenvalue weighted by Gasteiger charge is -2.23. The Kier molecular flexibility index (Phi) is 8.60. The van der Waals surface area contributed by atoms with Crippen molar-refractivity contribution >= 4 is 17.8 Å². The summed E-state index contributed by atoms with van der Waals surface area (Å²) in [5, 5.41) is 2.64. The van der Waals surface area contributed by atoms with E-state index >= 15 is 0 Å². The van der Waals surface area contributed by atoms with Gasteiger partial charge in [0.05, 0.1) is 19.7 Å². The number of aryl methyl sites for hydroxylation is 1. The van der Waals surface area contributed by atoms with E-state index in [2.05, 4.69) is 29.4 Å². The molecule has 1 amide bonds. The Bertz CT molecular complexity index is 959. The number of Topliss-reactive ketones (excluding diaryl/α,β-unsaturated/α-hetero) is 1. The number of aromatic nitrogens is 1. The molecule has 1 heterocycles. The third kappa shape index (κ3) is 6.78. The van der Waals surface area contributed by atoms with Crippen LogP contribution >= 0.6 is 0 Å². The van der Waals surface area contributed by atoms with Gasteiger partial charge in [-0.15, -0.1) is 0 Å². The van der Waals surface area contributed by atoms with Gasteiger partial charge in [-0.2, -0.15) is 0 Å². The first-order chi connectivity index (χ1) is 15.5. The third-order valence-electron chi connectivity index (χ3n) is 6.29. The van der Waals surface area contributed by atoms with Crippen molar-refractivity contribution in [1.29, 1.82) is 0 Å². The van der Waals surface area contributed by atoms with Crippen molar-refractivity contribution in [1.82, 2.24) is 10.3 Å². The van der Waals surface area contributed by atoms with Crippen molar-refractivity contribution in [3.8, 4) is 5.75 Å². The van der Waals surface area contributed by atoms with Gasteiger partial charge in [0.15, 0.2) is 5.78 Å². The van der Waals surface area contributed by atoms with Gasteiger partial charge in [-0.1, -0.05) is 56.2 Å². The second kappa shape index (κ2) is 11.6. The molecule has 0 aliphatic heterocycles. The molecule has 5 heteroatoms. The maximum atomic E-state index is 12.8. The highest BCUT2D eigenvalue weighted by molar-refractivity contribution is 5.95. The summed E-state index contributed by atoms with van der Waals surface area (Å²) in [6, 6.07) is 9.67. The predicted molar refractivity (Wildman–Crippen MR) is 128 cm³/mol. The minimum absolute atomic E-state index is 0.00509. The molecular formula is C27H34N2O3. The Labute approximate surface area is 191 Å². The molecule has 1 aliphatic carbocycles. The molecule has 0 saturated heterocycles. The minimum Gasteiger partial charge on any atom is -0.495 e. The number of nitrogens with zero attached hydrogens (tertiary/aromatic N) is 1. The molecule has 1 aliphatic rings. The molecule has 0 spiro atoms. The molecule has 3 rings (SSSR count). The summed E-state index contributed by atoms with van der Waals surface area (Å²) in [7, 11) is 3.26. The first-order valence-electron chi connectivity index (χ1n) is 11.5. The van der Waals surface area contributed by atoms with Gasteiger partial charge in [0.2, 0.25) is 5.91 Å². The van der Waals surface area contributed by atoms with Gasteiger partial charge in [-0.05, 0) is 48.3 Å². The number of rotatable bonds is 9. The molecule has 0 bridgehead atoms.